The summed E-state index contributed by atoms with van der Waals surface area (Å²) in [6.07, 6.45) is -0.618. The third-order valence-corrected chi connectivity index (χ3v) is 1.88. The molecular weight excluding hydrogens is 222 g/mol. The Balaban J connectivity index is 3.12. The van der Waals surface area contributed by atoms with E-state index in [1.165, 1.54) is 0 Å². The molecule has 0 unspecified atom stereocenters. The molecule has 0 aromatic heterocycles. The number of ketones is 1. The predicted octanol–water partition coefficient (Wildman–Crippen LogP) is 1.17. The molecule has 0 fully saturated rings. The first-order valence-electron chi connectivity index (χ1n) is 4.23. The summed E-state index contributed by atoms with van der Waals surface area (Å²) in [4.78, 5) is 21.2. The molecule has 0 amide bonds. The van der Waals surface area contributed by atoms with Crippen molar-refractivity contribution in [2.75, 3.05) is 7.11 Å². The van der Waals surface area contributed by atoms with Gasteiger partial charge in [-0.1, -0.05) is 0 Å². The first-order chi connectivity index (χ1) is 7.45. The molecule has 1 aromatic carbocycles. The Morgan fingerprint density at radius 1 is 1.38 bits per heavy atom. The molecule has 6 heteroatoms. The standard InChI is InChI=1S/C10H8F2O4/c1-16-9-5(3-8(13)10(14)15)2-6(11)4-7(9)12/h2,4H,3H2,1H3,(H,14,15). The highest BCUT2D eigenvalue weighted by Gasteiger charge is 2.18. The molecule has 0 spiro atoms. The second-order valence-corrected chi connectivity index (χ2v) is 2.99. The second-order valence-electron chi connectivity index (χ2n) is 2.99. The van der Waals surface area contributed by atoms with Crippen molar-refractivity contribution in [2.24, 2.45) is 0 Å². The monoisotopic (exact) mass is 230 g/mol. The van der Waals surface area contributed by atoms with E-state index in [0.717, 1.165) is 13.2 Å². The van der Waals surface area contributed by atoms with E-state index in [1.54, 1.807) is 0 Å². The Bertz CT molecular complexity index is 443. The molecule has 0 heterocycles. The average Bonchev–Trinajstić information content (AvgIpc) is 2.16. The molecular formula is C10H8F2O4. The third-order valence-electron chi connectivity index (χ3n) is 1.88. The number of carboxylic acids is 1. The number of Topliss-reactive ketones (excluding diaryl/α,β-unsaturated/α-hetero) is 1. The fourth-order valence-corrected chi connectivity index (χ4v) is 1.22. The fourth-order valence-electron chi connectivity index (χ4n) is 1.22. The number of ether oxygens (including phenoxy) is 1. The van der Waals surface area contributed by atoms with Gasteiger partial charge in [-0.3, -0.25) is 4.79 Å². The lowest BCUT2D eigenvalue weighted by Crippen LogP contribution is -2.16. The van der Waals surface area contributed by atoms with Crippen LogP contribution in [0.25, 0.3) is 0 Å². The van der Waals surface area contributed by atoms with Gasteiger partial charge in [-0.2, -0.15) is 0 Å². The van der Waals surface area contributed by atoms with E-state index < -0.39 is 29.8 Å². The highest BCUT2D eigenvalue weighted by molar-refractivity contribution is 6.33. The van der Waals surface area contributed by atoms with Gasteiger partial charge in [0.1, 0.15) is 5.82 Å². The summed E-state index contributed by atoms with van der Waals surface area (Å²) in [5.74, 6) is -5.02. The molecule has 86 valence electrons. The van der Waals surface area contributed by atoms with Gasteiger partial charge in [-0.15, -0.1) is 0 Å². The number of carbonyl (C=O) groups is 2. The fraction of sp³-hybridized carbons (Fsp3) is 0.200. The predicted molar refractivity (Wildman–Crippen MR) is 49.3 cm³/mol. The summed E-state index contributed by atoms with van der Waals surface area (Å²) in [5.41, 5.74) is -0.132. The van der Waals surface area contributed by atoms with E-state index in [9.17, 15) is 18.4 Å². The molecule has 16 heavy (non-hydrogen) atoms. The zero-order valence-corrected chi connectivity index (χ0v) is 8.29. The quantitative estimate of drug-likeness (QED) is 0.788. The zero-order valence-electron chi connectivity index (χ0n) is 8.29. The SMILES string of the molecule is COc1c(F)cc(F)cc1CC(=O)C(=O)O. The third kappa shape index (κ3) is 2.53. The summed E-state index contributed by atoms with van der Waals surface area (Å²) in [5, 5.41) is 8.37. The van der Waals surface area contributed by atoms with E-state index in [2.05, 4.69) is 4.74 Å². The number of carboxylic acid groups (broad SMARTS) is 1. The van der Waals surface area contributed by atoms with Gasteiger partial charge < -0.3 is 9.84 Å². The smallest absolute Gasteiger partial charge is 0.372 e. The van der Waals surface area contributed by atoms with Crippen LogP contribution in [0, 0.1) is 11.6 Å². The molecule has 0 aliphatic rings. The zero-order chi connectivity index (χ0) is 12.3. The summed E-state index contributed by atoms with van der Waals surface area (Å²) < 4.78 is 30.6. The van der Waals surface area contributed by atoms with Crippen LogP contribution in [-0.4, -0.2) is 24.0 Å². The summed E-state index contributed by atoms with van der Waals surface area (Å²) in [7, 11) is 1.14. The molecule has 0 atom stereocenters. The van der Waals surface area contributed by atoms with Crippen molar-refractivity contribution in [3.8, 4) is 5.75 Å². The molecule has 1 aromatic rings. The number of benzene rings is 1. The number of halogens is 2. The molecule has 0 bridgehead atoms. The molecule has 1 rings (SSSR count). The maximum Gasteiger partial charge on any atom is 0.372 e. The Kier molecular flexibility index (Phi) is 3.55. The van der Waals surface area contributed by atoms with E-state index in [-0.39, 0.29) is 11.3 Å². The summed E-state index contributed by atoms with van der Waals surface area (Å²) >= 11 is 0. The Morgan fingerprint density at radius 3 is 2.50 bits per heavy atom. The average molecular weight is 230 g/mol. The van der Waals surface area contributed by atoms with Gasteiger partial charge in [0.15, 0.2) is 11.6 Å². The Labute approximate surface area is 89.5 Å². The number of methoxy groups -OCH3 is 1. The molecule has 0 aliphatic heterocycles. The molecule has 0 radical (unpaired) electrons. The number of rotatable bonds is 4. The first-order valence-corrected chi connectivity index (χ1v) is 4.23. The van der Waals surface area contributed by atoms with Crippen LogP contribution in [0.4, 0.5) is 8.78 Å². The van der Waals surface area contributed by atoms with E-state index in [1.807, 2.05) is 0 Å². The van der Waals surface area contributed by atoms with Crippen molar-refractivity contribution >= 4 is 11.8 Å². The topological polar surface area (TPSA) is 63.6 Å². The van der Waals surface area contributed by atoms with Crippen molar-refractivity contribution in [1.82, 2.24) is 0 Å². The molecule has 0 saturated heterocycles. The van der Waals surface area contributed by atoms with Crippen LogP contribution in [0.15, 0.2) is 12.1 Å². The molecule has 4 nitrogen and oxygen atoms in total. The van der Waals surface area contributed by atoms with E-state index in [4.69, 9.17) is 5.11 Å². The van der Waals surface area contributed by atoms with Crippen LogP contribution in [0.5, 0.6) is 5.75 Å². The lowest BCUT2D eigenvalue weighted by atomic mass is 10.1. The minimum absolute atomic E-state index is 0.132. The van der Waals surface area contributed by atoms with Gasteiger partial charge in [-0.05, 0) is 6.07 Å². The largest absolute Gasteiger partial charge is 0.493 e. The van der Waals surface area contributed by atoms with Crippen molar-refractivity contribution in [1.29, 1.82) is 0 Å². The number of carbonyl (C=O) groups excluding carboxylic acids is 1. The van der Waals surface area contributed by atoms with Crippen LogP contribution in [0.2, 0.25) is 0 Å². The van der Waals surface area contributed by atoms with E-state index >= 15 is 0 Å². The minimum atomic E-state index is -1.66. The lowest BCUT2D eigenvalue weighted by molar-refractivity contribution is -0.148. The highest BCUT2D eigenvalue weighted by Crippen LogP contribution is 2.24. The normalized spacial score (nSPS) is 9.94. The highest BCUT2D eigenvalue weighted by atomic mass is 19.1. The Hall–Kier alpha value is -1.98. The summed E-state index contributed by atoms with van der Waals surface area (Å²) in [6.45, 7) is 0. The minimum Gasteiger partial charge on any atom is -0.493 e. The van der Waals surface area contributed by atoms with Gasteiger partial charge >= 0.3 is 5.97 Å². The second kappa shape index (κ2) is 4.69. The molecule has 0 saturated carbocycles. The van der Waals surface area contributed by atoms with Crippen LogP contribution in [-0.2, 0) is 16.0 Å². The van der Waals surface area contributed by atoms with Gasteiger partial charge in [0.2, 0.25) is 5.78 Å². The first kappa shape index (κ1) is 12.1. The van der Waals surface area contributed by atoms with Crippen LogP contribution in [0.1, 0.15) is 5.56 Å². The molecule has 1 N–H and O–H groups in total. The van der Waals surface area contributed by atoms with Gasteiger partial charge in [0.25, 0.3) is 0 Å². The van der Waals surface area contributed by atoms with Gasteiger partial charge in [0, 0.05) is 18.1 Å². The van der Waals surface area contributed by atoms with Crippen molar-refractivity contribution in [2.45, 2.75) is 6.42 Å². The maximum atomic E-state index is 13.1. The van der Waals surface area contributed by atoms with Crippen LogP contribution in [0.3, 0.4) is 0 Å². The summed E-state index contributed by atoms with van der Waals surface area (Å²) in [6, 6.07) is 1.45. The number of hydrogen-bond acceptors (Lipinski definition) is 3. The van der Waals surface area contributed by atoms with Crippen molar-refractivity contribution in [3.63, 3.8) is 0 Å². The maximum absolute atomic E-state index is 13.1. The number of hydrogen-bond donors (Lipinski definition) is 1. The molecule has 0 aliphatic carbocycles. The van der Waals surface area contributed by atoms with Gasteiger partial charge in [0.05, 0.1) is 7.11 Å². The van der Waals surface area contributed by atoms with Gasteiger partial charge in [-0.25, -0.2) is 13.6 Å². The Morgan fingerprint density at radius 2 is 2.00 bits per heavy atom. The number of aliphatic carboxylic acids is 1. The van der Waals surface area contributed by atoms with E-state index in [0.29, 0.717) is 6.07 Å². The van der Waals surface area contributed by atoms with Crippen LogP contribution < -0.4 is 4.74 Å². The van der Waals surface area contributed by atoms with Crippen molar-refractivity contribution < 1.29 is 28.2 Å². The van der Waals surface area contributed by atoms with Crippen LogP contribution >= 0.6 is 0 Å². The lowest BCUT2D eigenvalue weighted by Gasteiger charge is -2.08. The van der Waals surface area contributed by atoms with Crippen molar-refractivity contribution in [3.05, 3.63) is 29.3 Å².